The van der Waals surface area contributed by atoms with Crippen LogP contribution in [0, 0.1) is 12.7 Å². The molecule has 1 aliphatic rings. The molecule has 2 aromatic carbocycles. The molecule has 1 aromatic heterocycles. The summed E-state index contributed by atoms with van der Waals surface area (Å²) in [6.45, 7) is 2.18. The van der Waals surface area contributed by atoms with Crippen LogP contribution in [-0.4, -0.2) is 23.3 Å². The molecular weight excluding hydrogens is 387 g/mol. The highest BCUT2D eigenvalue weighted by molar-refractivity contribution is 7.11. The van der Waals surface area contributed by atoms with Gasteiger partial charge < -0.3 is 5.32 Å². The monoisotopic (exact) mass is 406 g/mol. The largest absolute Gasteiger partial charge is 0.350 e. The van der Waals surface area contributed by atoms with Gasteiger partial charge in [-0.3, -0.25) is 14.5 Å². The molecule has 4 nitrogen and oxygen atoms in total. The van der Waals surface area contributed by atoms with Crippen molar-refractivity contribution in [2.45, 2.75) is 13.3 Å². The summed E-state index contributed by atoms with van der Waals surface area (Å²) in [5.41, 5.74) is 3.33. The third kappa shape index (κ3) is 3.84. The van der Waals surface area contributed by atoms with Crippen LogP contribution < -0.4 is 5.32 Å². The van der Waals surface area contributed by atoms with Gasteiger partial charge in [-0.15, -0.1) is 11.3 Å². The van der Waals surface area contributed by atoms with E-state index in [1.54, 1.807) is 12.1 Å². The average Bonchev–Trinajstić information content (AvgIpc) is 3.31. The minimum atomic E-state index is -0.344. The number of para-hydroxylation sites is 1. The molecule has 2 heterocycles. The van der Waals surface area contributed by atoms with E-state index in [9.17, 15) is 14.0 Å². The lowest BCUT2D eigenvalue weighted by atomic mass is 10.1. The van der Waals surface area contributed by atoms with Crippen molar-refractivity contribution in [3.05, 3.63) is 93.6 Å². The Hall–Kier alpha value is -3.25. The van der Waals surface area contributed by atoms with Crippen molar-refractivity contribution < 1.29 is 14.0 Å². The molecule has 0 spiro atoms. The van der Waals surface area contributed by atoms with Crippen LogP contribution in [0.3, 0.4) is 0 Å². The van der Waals surface area contributed by atoms with Gasteiger partial charge in [0.1, 0.15) is 11.5 Å². The standard InChI is InChI=1S/C23H19FN2O2S/c1-15-5-2-3-6-18(15)25-21-20(19-7-4-14-29-19)22(27)26(23(21)28)13-12-16-8-10-17(24)11-9-16/h2-11,14,25H,12-13H2,1H3. The smallest absolute Gasteiger partial charge is 0.278 e. The number of anilines is 1. The summed E-state index contributed by atoms with van der Waals surface area (Å²) < 4.78 is 13.1. The molecule has 6 heteroatoms. The van der Waals surface area contributed by atoms with Gasteiger partial charge in [-0.05, 0) is 54.1 Å². The minimum absolute atomic E-state index is 0.233. The Bertz CT molecular complexity index is 1090. The van der Waals surface area contributed by atoms with Gasteiger partial charge in [0.15, 0.2) is 0 Å². The van der Waals surface area contributed by atoms with Crippen molar-refractivity contribution in [3.63, 3.8) is 0 Å². The predicted octanol–water partition coefficient (Wildman–Crippen LogP) is 4.63. The molecule has 0 fully saturated rings. The Labute approximate surface area is 172 Å². The molecule has 4 rings (SSSR count). The van der Waals surface area contributed by atoms with Gasteiger partial charge in [0.05, 0.1) is 5.57 Å². The van der Waals surface area contributed by atoms with Crippen molar-refractivity contribution in [2.75, 3.05) is 11.9 Å². The molecule has 0 unspecified atom stereocenters. The zero-order valence-corrected chi connectivity index (χ0v) is 16.6. The number of amides is 2. The first-order chi connectivity index (χ1) is 14.0. The van der Waals surface area contributed by atoms with Gasteiger partial charge >= 0.3 is 0 Å². The molecule has 29 heavy (non-hydrogen) atoms. The van der Waals surface area contributed by atoms with Gasteiger partial charge in [0, 0.05) is 17.1 Å². The molecule has 2 amide bonds. The SMILES string of the molecule is Cc1ccccc1NC1=C(c2cccs2)C(=O)N(CCc2ccc(F)cc2)C1=O. The zero-order chi connectivity index (χ0) is 20.4. The third-order valence-corrected chi connectivity index (χ3v) is 5.77. The number of halogens is 1. The molecule has 1 N–H and O–H groups in total. The Morgan fingerprint density at radius 2 is 1.72 bits per heavy atom. The van der Waals surface area contributed by atoms with Gasteiger partial charge in [-0.2, -0.15) is 0 Å². The number of hydrogen-bond donors (Lipinski definition) is 1. The van der Waals surface area contributed by atoms with Crippen molar-refractivity contribution in [1.82, 2.24) is 4.90 Å². The van der Waals surface area contributed by atoms with Crippen LogP contribution in [0.1, 0.15) is 16.0 Å². The fraction of sp³-hybridized carbons (Fsp3) is 0.130. The molecule has 0 atom stereocenters. The van der Waals surface area contributed by atoms with Crippen LogP contribution in [0.25, 0.3) is 5.57 Å². The molecule has 0 saturated heterocycles. The van der Waals surface area contributed by atoms with Crippen LogP contribution in [0.5, 0.6) is 0 Å². The molecular formula is C23H19FN2O2S. The number of carbonyl (C=O) groups excluding carboxylic acids is 2. The second-order valence-corrected chi connectivity index (χ2v) is 7.75. The maximum absolute atomic E-state index is 13.1. The molecule has 0 radical (unpaired) electrons. The number of carbonyl (C=O) groups is 2. The first-order valence-corrected chi connectivity index (χ1v) is 10.1. The summed E-state index contributed by atoms with van der Waals surface area (Å²) in [6.07, 6.45) is 0.465. The first-order valence-electron chi connectivity index (χ1n) is 9.26. The topological polar surface area (TPSA) is 49.4 Å². The number of benzene rings is 2. The molecule has 0 saturated carbocycles. The summed E-state index contributed by atoms with van der Waals surface area (Å²) in [4.78, 5) is 28.3. The minimum Gasteiger partial charge on any atom is -0.350 e. The second-order valence-electron chi connectivity index (χ2n) is 6.81. The highest BCUT2D eigenvalue weighted by Crippen LogP contribution is 2.33. The van der Waals surface area contributed by atoms with E-state index in [4.69, 9.17) is 0 Å². The van der Waals surface area contributed by atoms with Gasteiger partial charge in [-0.25, -0.2) is 4.39 Å². The molecule has 0 aliphatic carbocycles. The maximum atomic E-state index is 13.1. The quantitative estimate of drug-likeness (QED) is 0.607. The summed E-state index contributed by atoms with van der Waals surface area (Å²) in [5.74, 6) is -0.965. The fourth-order valence-corrected chi connectivity index (χ4v) is 4.05. The van der Waals surface area contributed by atoms with Gasteiger partial charge in [0.25, 0.3) is 11.8 Å². The number of hydrogen-bond acceptors (Lipinski definition) is 4. The Morgan fingerprint density at radius 1 is 0.966 bits per heavy atom. The lowest BCUT2D eigenvalue weighted by Crippen LogP contribution is -2.34. The van der Waals surface area contributed by atoms with E-state index in [0.717, 1.165) is 21.7 Å². The number of nitrogens with zero attached hydrogens (tertiary/aromatic N) is 1. The molecule has 3 aromatic rings. The molecule has 1 aliphatic heterocycles. The van der Waals surface area contributed by atoms with E-state index in [2.05, 4.69) is 5.32 Å². The second kappa shape index (κ2) is 8.01. The number of thiophene rings is 1. The average molecular weight is 406 g/mol. The number of rotatable bonds is 6. The van der Waals surface area contributed by atoms with Crippen LogP contribution in [0.4, 0.5) is 10.1 Å². The van der Waals surface area contributed by atoms with E-state index in [0.29, 0.717) is 17.7 Å². The lowest BCUT2D eigenvalue weighted by molar-refractivity contribution is -0.136. The Morgan fingerprint density at radius 3 is 2.41 bits per heavy atom. The highest BCUT2D eigenvalue weighted by Gasteiger charge is 2.39. The highest BCUT2D eigenvalue weighted by atomic mass is 32.1. The molecule has 0 bridgehead atoms. The first kappa shape index (κ1) is 19.1. The van der Waals surface area contributed by atoms with Crippen LogP contribution in [0.2, 0.25) is 0 Å². The number of imide groups is 1. The summed E-state index contributed by atoms with van der Waals surface area (Å²) in [6, 6.07) is 17.4. The van der Waals surface area contributed by atoms with Gasteiger partial charge in [-0.1, -0.05) is 36.4 Å². The third-order valence-electron chi connectivity index (χ3n) is 4.88. The van der Waals surface area contributed by atoms with E-state index in [1.807, 2.05) is 48.7 Å². The summed E-state index contributed by atoms with van der Waals surface area (Å²) in [5, 5.41) is 5.07. The van der Waals surface area contributed by atoms with Crippen LogP contribution >= 0.6 is 11.3 Å². The van der Waals surface area contributed by atoms with Crippen LogP contribution in [-0.2, 0) is 16.0 Å². The van der Waals surface area contributed by atoms with Crippen LogP contribution in [0.15, 0.2) is 71.7 Å². The van der Waals surface area contributed by atoms with Crippen molar-refractivity contribution in [1.29, 1.82) is 0 Å². The number of aryl methyl sites for hydroxylation is 1. The van der Waals surface area contributed by atoms with E-state index in [-0.39, 0.29) is 24.2 Å². The maximum Gasteiger partial charge on any atom is 0.278 e. The van der Waals surface area contributed by atoms with Crippen molar-refractivity contribution >= 4 is 34.4 Å². The molecule has 146 valence electrons. The Balaban J connectivity index is 1.63. The van der Waals surface area contributed by atoms with Crippen molar-refractivity contribution in [3.8, 4) is 0 Å². The van der Waals surface area contributed by atoms with E-state index >= 15 is 0 Å². The van der Waals surface area contributed by atoms with E-state index in [1.165, 1.54) is 28.4 Å². The van der Waals surface area contributed by atoms with E-state index < -0.39 is 0 Å². The van der Waals surface area contributed by atoms with Crippen molar-refractivity contribution in [2.24, 2.45) is 0 Å². The summed E-state index contributed by atoms with van der Waals surface area (Å²) in [7, 11) is 0. The zero-order valence-electron chi connectivity index (χ0n) is 15.8. The summed E-state index contributed by atoms with van der Waals surface area (Å²) >= 11 is 1.42. The lowest BCUT2D eigenvalue weighted by Gasteiger charge is -2.15. The Kier molecular flexibility index (Phi) is 5.27. The predicted molar refractivity (Wildman–Crippen MR) is 113 cm³/mol. The van der Waals surface area contributed by atoms with Gasteiger partial charge in [0.2, 0.25) is 0 Å². The number of nitrogens with one attached hydrogen (secondary N) is 1. The normalized spacial score (nSPS) is 14.1. The fourth-order valence-electron chi connectivity index (χ4n) is 3.28.